The number of phenolic OH excluding ortho intramolecular Hbond substituents is 4. The average Bonchev–Trinajstić information content (AvgIpc) is 2.51. The van der Waals surface area contributed by atoms with Gasteiger partial charge in [-0.15, -0.1) is 0 Å². The van der Waals surface area contributed by atoms with E-state index in [9.17, 15) is 25.5 Å². The van der Waals surface area contributed by atoms with Crippen molar-refractivity contribution in [2.45, 2.75) is 25.5 Å². The molecule has 0 aromatic heterocycles. The van der Waals surface area contributed by atoms with Gasteiger partial charge in [-0.3, -0.25) is 0 Å². The molecule has 0 saturated carbocycles. The van der Waals surface area contributed by atoms with Gasteiger partial charge < -0.3 is 30.8 Å². The van der Waals surface area contributed by atoms with Gasteiger partial charge in [0.05, 0.1) is 6.10 Å². The van der Waals surface area contributed by atoms with E-state index in [1.165, 1.54) is 24.3 Å². The number of phenols is 4. The largest absolute Gasteiger partial charge is 0.504 e. The molecule has 0 radical (unpaired) electrons. The van der Waals surface area contributed by atoms with E-state index in [2.05, 4.69) is 5.32 Å². The first-order valence-electron chi connectivity index (χ1n) is 7.31. The van der Waals surface area contributed by atoms with Crippen molar-refractivity contribution < 1.29 is 25.5 Å². The van der Waals surface area contributed by atoms with Gasteiger partial charge >= 0.3 is 0 Å². The Kier molecular flexibility index (Phi) is 5.31. The van der Waals surface area contributed by atoms with Crippen molar-refractivity contribution in [1.82, 2.24) is 5.32 Å². The lowest BCUT2D eigenvalue weighted by Crippen LogP contribution is -2.32. The summed E-state index contributed by atoms with van der Waals surface area (Å²) in [5.41, 5.74) is 1.36. The van der Waals surface area contributed by atoms with Crippen molar-refractivity contribution in [3.63, 3.8) is 0 Å². The molecule has 2 atom stereocenters. The van der Waals surface area contributed by atoms with Crippen molar-refractivity contribution in [2.24, 2.45) is 0 Å². The molecular weight excluding hydrogens is 298 g/mol. The quantitative estimate of drug-likeness (QED) is 0.452. The lowest BCUT2D eigenvalue weighted by atomic mass is 10.1. The summed E-state index contributed by atoms with van der Waals surface area (Å²) in [6, 6.07) is 8.89. The lowest BCUT2D eigenvalue weighted by Gasteiger charge is -2.18. The fourth-order valence-corrected chi connectivity index (χ4v) is 2.30. The predicted octanol–water partition coefficient (Wildman–Crippen LogP) is 1.76. The summed E-state index contributed by atoms with van der Waals surface area (Å²) in [5.74, 6) is -0.810. The Bertz CT molecular complexity index is 674. The van der Waals surface area contributed by atoms with Crippen LogP contribution in [-0.2, 0) is 6.42 Å². The van der Waals surface area contributed by atoms with E-state index in [1.807, 2.05) is 6.92 Å². The molecule has 0 fully saturated rings. The Morgan fingerprint density at radius 2 is 1.48 bits per heavy atom. The highest BCUT2D eigenvalue weighted by atomic mass is 16.3. The summed E-state index contributed by atoms with van der Waals surface area (Å²) in [6.07, 6.45) is -0.210. The zero-order valence-corrected chi connectivity index (χ0v) is 12.8. The van der Waals surface area contributed by atoms with Crippen LogP contribution >= 0.6 is 0 Å². The monoisotopic (exact) mass is 319 g/mol. The summed E-state index contributed by atoms with van der Waals surface area (Å²) in [4.78, 5) is 0. The average molecular weight is 319 g/mol. The van der Waals surface area contributed by atoms with E-state index in [0.717, 1.165) is 5.56 Å². The van der Waals surface area contributed by atoms with E-state index in [-0.39, 0.29) is 35.6 Å². The molecule has 0 saturated heterocycles. The van der Waals surface area contributed by atoms with Gasteiger partial charge in [-0.05, 0) is 48.7 Å². The molecule has 6 heteroatoms. The van der Waals surface area contributed by atoms with E-state index in [0.29, 0.717) is 12.0 Å². The third-order valence-electron chi connectivity index (χ3n) is 3.63. The fraction of sp³-hybridized carbons (Fsp3) is 0.294. The van der Waals surface area contributed by atoms with Crippen LogP contribution in [0.15, 0.2) is 36.4 Å². The molecular formula is C17H21NO5. The van der Waals surface area contributed by atoms with Crippen molar-refractivity contribution in [3.05, 3.63) is 47.5 Å². The Labute approximate surface area is 134 Å². The van der Waals surface area contributed by atoms with Gasteiger partial charge in [0.1, 0.15) is 0 Å². The Morgan fingerprint density at radius 1 is 0.870 bits per heavy atom. The molecule has 2 aromatic carbocycles. The minimum Gasteiger partial charge on any atom is -0.504 e. The van der Waals surface area contributed by atoms with Gasteiger partial charge in [-0.2, -0.15) is 0 Å². The van der Waals surface area contributed by atoms with Crippen LogP contribution in [-0.4, -0.2) is 38.1 Å². The Balaban J connectivity index is 1.89. The third kappa shape index (κ3) is 4.51. The molecule has 2 aromatic rings. The number of nitrogens with one attached hydrogen (secondary N) is 1. The highest BCUT2D eigenvalue weighted by molar-refractivity contribution is 5.41. The maximum atomic E-state index is 10.1. The van der Waals surface area contributed by atoms with E-state index in [4.69, 9.17) is 0 Å². The lowest BCUT2D eigenvalue weighted by molar-refractivity contribution is 0.170. The van der Waals surface area contributed by atoms with E-state index < -0.39 is 6.10 Å². The van der Waals surface area contributed by atoms with E-state index >= 15 is 0 Å². The number of aliphatic hydroxyl groups excluding tert-OH is 1. The zero-order valence-electron chi connectivity index (χ0n) is 12.8. The molecule has 0 aliphatic rings. The maximum absolute atomic E-state index is 10.1. The molecule has 0 aliphatic carbocycles. The van der Waals surface area contributed by atoms with Crippen molar-refractivity contribution in [1.29, 1.82) is 0 Å². The number of aromatic hydroxyl groups is 4. The summed E-state index contributed by atoms with van der Waals surface area (Å²) in [6.45, 7) is 2.21. The van der Waals surface area contributed by atoms with Crippen LogP contribution in [0.1, 0.15) is 24.2 Å². The Hall–Kier alpha value is -2.44. The van der Waals surface area contributed by atoms with Crippen molar-refractivity contribution in [2.75, 3.05) is 6.54 Å². The smallest absolute Gasteiger partial charge is 0.157 e. The number of hydrogen-bond donors (Lipinski definition) is 6. The molecule has 124 valence electrons. The first-order valence-corrected chi connectivity index (χ1v) is 7.31. The summed E-state index contributed by atoms with van der Waals surface area (Å²) in [7, 11) is 0. The fourth-order valence-electron chi connectivity index (χ4n) is 2.30. The molecule has 0 spiro atoms. The summed E-state index contributed by atoms with van der Waals surface area (Å²) in [5, 5.41) is 50.7. The topological polar surface area (TPSA) is 113 Å². The minimum absolute atomic E-state index is 0.0271. The summed E-state index contributed by atoms with van der Waals surface area (Å²) < 4.78 is 0. The number of rotatable bonds is 6. The van der Waals surface area contributed by atoms with Crippen LogP contribution in [0.3, 0.4) is 0 Å². The van der Waals surface area contributed by atoms with Gasteiger partial charge in [0.15, 0.2) is 23.0 Å². The third-order valence-corrected chi connectivity index (χ3v) is 3.63. The van der Waals surface area contributed by atoms with E-state index in [1.54, 1.807) is 12.1 Å². The van der Waals surface area contributed by atoms with Crippen LogP contribution in [0.5, 0.6) is 23.0 Å². The van der Waals surface area contributed by atoms with Crippen LogP contribution < -0.4 is 5.32 Å². The second-order valence-corrected chi connectivity index (χ2v) is 5.60. The molecule has 6 nitrogen and oxygen atoms in total. The van der Waals surface area contributed by atoms with Crippen molar-refractivity contribution >= 4 is 0 Å². The molecule has 0 bridgehead atoms. The molecule has 6 N–H and O–H groups in total. The number of benzene rings is 2. The van der Waals surface area contributed by atoms with Crippen LogP contribution in [0.2, 0.25) is 0 Å². The molecule has 0 heterocycles. The van der Waals surface area contributed by atoms with Gasteiger partial charge in [0, 0.05) is 12.6 Å². The Morgan fingerprint density at radius 3 is 2.09 bits per heavy atom. The first kappa shape index (κ1) is 16.9. The maximum Gasteiger partial charge on any atom is 0.157 e. The van der Waals surface area contributed by atoms with Crippen LogP contribution in [0.4, 0.5) is 0 Å². The molecule has 0 unspecified atom stereocenters. The van der Waals surface area contributed by atoms with Gasteiger partial charge in [0.25, 0.3) is 0 Å². The normalized spacial score (nSPS) is 13.7. The van der Waals surface area contributed by atoms with Gasteiger partial charge in [-0.25, -0.2) is 0 Å². The van der Waals surface area contributed by atoms with Crippen LogP contribution in [0, 0.1) is 0 Å². The second kappa shape index (κ2) is 7.21. The highest BCUT2D eigenvalue weighted by Gasteiger charge is 2.12. The zero-order chi connectivity index (χ0) is 17.0. The minimum atomic E-state index is -0.822. The molecule has 2 rings (SSSR count). The molecule has 0 aliphatic heterocycles. The summed E-state index contributed by atoms with van der Waals surface area (Å²) >= 11 is 0. The van der Waals surface area contributed by atoms with Crippen molar-refractivity contribution in [3.8, 4) is 23.0 Å². The molecule has 0 amide bonds. The van der Waals surface area contributed by atoms with Crippen LogP contribution in [0.25, 0.3) is 0 Å². The molecule has 23 heavy (non-hydrogen) atoms. The second-order valence-electron chi connectivity index (χ2n) is 5.60. The standard InChI is InChI=1S/C17H21NO5/c1-10(6-11-2-4-13(19)15(21)7-11)18-9-17(23)12-3-5-14(20)16(22)8-12/h2-5,7-8,10,17-23H,6,9H2,1H3/t10-,17+/m1/s1. The van der Waals surface area contributed by atoms with Gasteiger partial charge in [0.2, 0.25) is 0 Å². The number of aliphatic hydroxyl groups is 1. The predicted molar refractivity (Wildman–Crippen MR) is 85.7 cm³/mol. The first-order chi connectivity index (χ1) is 10.9. The van der Waals surface area contributed by atoms with Gasteiger partial charge in [-0.1, -0.05) is 12.1 Å². The highest BCUT2D eigenvalue weighted by Crippen LogP contribution is 2.28. The number of hydrogen-bond acceptors (Lipinski definition) is 6. The SMILES string of the molecule is C[C@H](Cc1ccc(O)c(O)c1)NC[C@H](O)c1ccc(O)c(O)c1.